The Labute approximate surface area is 97.6 Å². The van der Waals surface area contributed by atoms with E-state index in [1.165, 1.54) is 12.8 Å². The van der Waals surface area contributed by atoms with E-state index in [-0.39, 0.29) is 6.61 Å². The van der Waals surface area contributed by atoms with Crippen LogP contribution in [0.2, 0.25) is 0 Å². The van der Waals surface area contributed by atoms with E-state index in [1.54, 1.807) is 5.06 Å². The maximum absolute atomic E-state index is 8.98. The van der Waals surface area contributed by atoms with Crippen molar-refractivity contribution in [2.45, 2.75) is 26.2 Å². The molecule has 0 aliphatic rings. The molecule has 1 aromatic carbocycles. The maximum atomic E-state index is 8.98. The molecule has 0 spiro atoms. The zero-order valence-electron chi connectivity index (χ0n) is 9.93. The van der Waals surface area contributed by atoms with Gasteiger partial charge in [-0.15, -0.1) is 0 Å². The van der Waals surface area contributed by atoms with Crippen molar-refractivity contribution in [2.75, 3.05) is 24.8 Å². The molecule has 0 fully saturated rings. The second-order valence-corrected chi connectivity index (χ2v) is 3.70. The third-order valence-corrected chi connectivity index (χ3v) is 2.34. The van der Waals surface area contributed by atoms with Crippen molar-refractivity contribution < 1.29 is 9.94 Å². The first-order chi connectivity index (χ1) is 7.88. The average Bonchev–Trinajstić information content (AvgIpc) is 2.34. The van der Waals surface area contributed by atoms with E-state index in [1.807, 2.05) is 30.3 Å². The Hall–Kier alpha value is -1.06. The molecule has 0 bridgehead atoms. The van der Waals surface area contributed by atoms with Crippen molar-refractivity contribution in [3.8, 4) is 0 Å². The summed E-state index contributed by atoms with van der Waals surface area (Å²) in [7, 11) is 0. The van der Waals surface area contributed by atoms with Crippen LogP contribution in [0.15, 0.2) is 30.3 Å². The number of aliphatic hydroxyl groups is 1. The lowest BCUT2D eigenvalue weighted by molar-refractivity contribution is 0.0937. The molecule has 0 amide bonds. The van der Waals surface area contributed by atoms with Gasteiger partial charge in [-0.25, -0.2) is 0 Å². The average molecular weight is 223 g/mol. The Kier molecular flexibility index (Phi) is 6.61. The molecule has 1 aromatic rings. The van der Waals surface area contributed by atoms with Crippen LogP contribution in [0.4, 0.5) is 5.69 Å². The van der Waals surface area contributed by atoms with Crippen molar-refractivity contribution in [2.24, 2.45) is 0 Å². The number of anilines is 1. The van der Waals surface area contributed by atoms with Gasteiger partial charge in [0.1, 0.15) is 0 Å². The number of benzene rings is 1. The lowest BCUT2D eigenvalue weighted by atomic mass is 10.3. The van der Waals surface area contributed by atoms with Gasteiger partial charge in [0.25, 0.3) is 0 Å². The normalized spacial score (nSPS) is 10.4. The fourth-order valence-corrected chi connectivity index (χ4v) is 1.48. The summed E-state index contributed by atoms with van der Waals surface area (Å²) >= 11 is 0. The van der Waals surface area contributed by atoms with Crippen LogP contribution >= 0.6 is 0 Å². The van der Waals surface area contributed by atoms with Crippen molar-refractivity contribution in [1.29, 1.82) is 0 Å². The van der Waals surface area contributed by atoms with Gasteiger partial charge in [0, 0.05) is 0 Å². The van der Waals surface area contributed by atoms with Crippen LogP contribution < -0.4 is 5.06 Å². The Balaban J connectivity index is 2.41. The lowest BCUT2D eigenvalue weighted by Gasteiger charge is -2.22. The molecule has 0 atom stereocenters. The SMILES string of the molecule is CCCCCON(CCO)c1ccccc1. The molecule has 0 aliphatic carbocycles. The second-order valence-electron chi connectivity index (χ2n) is 3.70. The molecular formula is C13H21NO2. The van der Waals surface area contributed by atoms with E-state index < -0.39 is 0 Å². The van der Waals surface area contributed by atoms with E-state index in [0.29, 0.717) is 13.2 Å². The van der Waals surface area contributed by atoms with Gasteiger partial charge in [-0.05, 0) is 18.6 Å². The van der Waals surface area contributed by atoms with Gasteiger partial charge in [0.05, 0.1) is 25.4 Å². The monoisotopic (exact) mass is 223 g/mol. The number of aliphatic hydroxyl groups excluding tert-OH is 1. The molecule has 3 heteroatoms. The van der Waals surface area contributed by atoms with Gasteiger partial charge < -0.3 is 5.11 Å². The minimum Gasteiger partial charge on any atom is -0.394 e. The maximum Gasteiger partial charge on any atom is 0.0748 e. The highest BCUT2D eigenvalue weighted by Crippen LogP contribution is 2.13. The van der Waals surface area contributed by atoms with Crippen LogP contribution in [0.25, 0.3) is 0 Å². The molecule has 1 N–H and O–H groups in total. The smallest absolute Gasteiger partial charge is 0.0748 e. The lowest BCUT2D eigenvalue weighted by Crippen LogP contribution is -2.27. The van der Waals surface area contributed by atoms with Gasteiger partial charge in [-0.3, -0.25) is 9.90 Å². The topological polar surface area (TPSA) is 32.7 Å². The van der Waals surface area contributed by atoms with E-state index in [4.69, 9.17) is 9.94 Å². The van der Waals surface area contributed by atoms with Gasteiger partial charge >= 0.3 is 0 Å². The highest BCUT2D eigenvalue weighted by molar-refractivity contribution is 5.43. The summed E-state index contributed by atoms with van der Waals surface area (Å²) in [5.74, 6) is 0. The van der Waals surface area contributed by atoms with Crippen LogP contribution in [0.3, 0.4) is 0 Å². The van der Waals surface area contributed by atoms with Gasteiger partial charge in [0.15, 0.2) is 0 Å². The molecule has 0 radical (unpaired) electrons. The first-order valence-corrected chi connectivity index (χ1v) is 5.95. The Morgan fingerprint density at radius 2 is 1.94 bits per heavy atom. The predicted molar refractivity (Wildman–Crippen MR) is 66.4 cm³/mol. The number of para-hydroxylation sites is 1. The van der Waals surface area contributed by atoms with Gasteiger partial charge in [-0.1, -0.05) is 38.0 Å². The van der Waals surface area contributed by atoms with Gasteiger partial charge in [-0.2, -0.15) is 0 Å². The molecule has 0 aromatic heterocycles. The largest absolute Gasteiger partial charge is 0.394 e. The van der Waals surface area contributed by atoms with E-state index >= 15 is 0 Å². The fourth-order valence-electron chi connectivity index (χ4n) is 1.48. The van der Waals surface area contributed by atoms with E-state index in [2.05, 4.69) is 6.92 Å². The van der Waals surface area contributed by atoms with Crippen molar-refractivity contribution >= 4 is 5.69 Å². The van der Waals surface area contributed by atoms with E-state index in [9.17, 15) is 0 Å². The molecule has 0 aliphatic heterocycles. The highest BCUT2D eigenvalue weighted by Gasteiger charge is 2.05. The Morgan fingerprint density at radius 3 is 2.56 bits per heavy atom. The number of nitrogens with zero attached hydrogens (tertiary/aromatic N) is 1. The number of hydrogen-bond acceptors (Lipinski definition) is 3. The first kappa shape index (κ1) is 13.0. The summed E-state index contributed by atoms with van der Waals surface area (Å²) in [5.41, 5.74) is 0.994. The van der Waals surface area contributed by atoms with Crippen molar-refractivity contribution in [3.63, 3.8) is 0 Å². The van der Waals surface area contributed by atoms with Crippen LogP contribution in [0.1, 0.15) is 26.2 Å². The summed E-state index contributed by atoms with van der Waals surface area (Å²) in [6, 6.07) is 9.87. The van der Waals surface area contributed by atoms with Crippen molar-refractivity contribution in [3.05, 3.63) is 30.3 Å². The zero-order chi connectivity index (χ0) is 11.6. The quantitative estimate of drug-likeness (QED) is 0.543. The minimum absolute atomic E-state index is 0.0999. The Morgan fingerprint density at radius 1 is 1.19 bits per heavy atom. The first-order valence-electron chi connectivity index (χ1n) is 5.95. The molecule has 0 heterocycles. The molecule has 90 valence electrons. The summed E-state index contributed by atoms with van der Waals surface area (Å²) in [5, 5.41) is 10.7. The Bertz CT molecular complexity index is 264. The predicted octanol–water partition coefficient (Wildman–Crippen LogP) is 2.61. The van der Waals surface area contributed by atoms with Crippen molar-refractivity contribution in [1.82, 2.24) is 0 Å². The second kappa shape index (κ2) is 8.13. The van der Waals surface area contributed by atoms with Crippen LogP contribution in [-0.2, 0) is 4.84 Å². The van der Waals surface area contributed by atoms with E-state index in [0.717, 1.165) is 12.1 Å². The summed E-state index contributed by atoms with van der Waals surface area (Å²) < 4.78 is 0. The zero-order valence-corrected chi connectivity index (χ0v) is 9.93. The number of rotatable bonds is 8. The van der Waals surface area contributed by atoms with Gasteiger partial charge in [0.2, 0.25) is 0 Å². The number of unbranched alkanes of at least 4 members (excludes halogenated alkanes) is 2. The highest BCUT2D eigenvalue weighted by atomic mass is 16.7. The number of hydroxylamine groups is 1. The standard InChI is InChI=1S/C13H21NO2/c1-2-3-7-12-16-14(10-11-15)13-8-5-4-6-9-13/h4-6,8-9,15H,2-3,7,10-12H2,1H3. The molecule has 0 saturated heterocycles. The molecule has 16 heavy (non-hydrogen) atoms. The summed E-state index contributed by atoms with van der Waals surface area (Å²) in [4.78, 5) is 5.64. The van der Waals surface area contributed by atoms with Crippen LogP contribution in [0, 0.1) is 0 Å². The molecule has 0 unspecified atom stereocenters. The number of hydrogen-bond donors (Lipinski definition) is 1. The molecule has 0 saturated carbocycles. The molecule has 3 nitrogen and oxygen atoms in total. The molecule has 1 rings (SSSR count). The summed E-state index contributed by atoms with van der Waals surface area (Å²) in [6.07, 6.45) is 3.43. The third kappa shape index (κ3) is 4.64. The summed E-state index contributed by atoms with van der Waals surface area (Å²) in [6.45, 7) is 3.49. The van der Waals surface area contributed by atoms with Crippen LogP contribution in [-0.4, -0.2) is 24.9 Å². The minimum atomic E-state index is 0.0999. The molecular weight excluding hydrogens is 202 g/mol. The van der Waals surface area contributed by atoms with Crippen LogP contribution in [0.5, 0.6) is 0 Å². The third-order valence-electron chi connectivity index (χ3n) is 2.34. The fraction of sp³-hybridized carbons (Fsp3) is 0.538.